The zero-order valence-electron chi connectivity index (χ0n) is 20.5. The van der Waals surface area contributed by atoms with E-state index < -0.39 is 0 Å². The van der Waals surface area contributed by atoms with Crippen LogP contribution in [0.15, 0.2) is 0 Å². The second kappa shape index (κ2) is -0.00476. The van der Waals surface area contributed by atoms with Crippen molar-refractivity contribution in [3.05, 3.63) is 0 Å². The zero-order valence-corrected chi connectivity index (χ0v) is 206. The molecular weight excluding hydrogens is 7740 g/mol. The normalized spacial score (nSPS) is 0. The molecule has 0 N–H and O–H groups in total. The first kappa shape index (κ1) is 0. The minimum atomic E-state index is 0. The summed E-state index contributed by atoms with van der Waals surface area (Å²) in [4.78, 5) is 0. The van der Waals surface area contributed by atoms with Crippen LogP contribution < -0.4 is 0 Å². The van der Waals surface area contributed by atoms with Crippen LogP contribution in [0.1, 0.15) is 0 Å². The van der Waals surface area contributed by atoms with Crippen LogP contribution in [0.25, 0.3) is 0 Å². The number of hydrogen-bond donors (Lipinski definition) is 0. The molecule has 0 heterocycles. The van der Waals surface area contributed by atoms with Crippen LogP contribution in [0.4, 0.5) is 0 Å². The summed E-state index contributed by atoms with van der Waals surface area (Å²) in [6, 6.07) is 0. The van der Waals surface area contributed by atoms with E-state index in [-0.39, 0.29) is 0 Å². The van der Waals surface area contributed by atoms with E-state index in [1.165, 1.54) is 0 Å². The monoisotopic (exact) mass is 7750 g/mol. The minimum Gasteiger partial charge on any atom is 0 e. The third kappa shape index (κ3) is -0.0107. The van der Waals surface area contributed by atoms with Crippen LogP contribution in [0.3, 0.4) is 0 Å². The third-order valence-electron chi connectivity index (χ3n) is 0. The van der Waals surface area contributed by atoms with E-state index in [2.05, 4.69) is 0 Å². The largest absolute Gasteiger partial charge is 0 e. The molecule has 0 saturated carbocycles. The molecule has 0 aliphatic rings. The Morgan fingerprint density at radius 2 is 0.0345 bits per heavy atom. The van der Waals surface area contributed by atoms with Gasteiger partial charge in [0.15, 0.2) is 0 Å². The Bertz CT molecular complexity index is 0. The first-order valence-corrected chi connectivity index (χ1v) is 0. The molecule has 0 rings (SSSR count). The van der Waals surface area contributed by atoms with Crippen molar-refractivity contribution >= 4 is 0 Å². The summed E-state index contributed by atoms with van der Waals surface area (Å²) in [5.41, 5.74) is 0. The molecule has 29 heteroatoms. The molecule has 0 radical (unpaired) electrons. The SMILES string of the molecule is [Rf].[Rf].[Rf].[Rf].[Rf].[Rf].[Rf].[Rf].[Rf].[Rf].[Rf].[Rf].[Rf].[Rf].[Rf].[Rf].[Rf].[Rf].[Rf].[Rf].[Rf].[Rf].[Rf].[Rf].[Rf].[Rf].[Rf].[Rf].[Rf]. The fraction of sp³-hybridized carbons (Fsp3) is 0. The van der Waals surface area contributed by atoms with Crippen molar-refractivity contribution in [3.63, 3.8) is 0 Å². The Labute approximate surface area is 0 Å². The first-order valence-electron chi connectivity index (χ1n) is 0. The smallest absolute Gasteiger partial charge is 0 e. The molecule has 0 aromatic heterocycles. The molecule has 0 fully saturated rings. The average Bonchev–Trinajstić information content (AvgIpc) is 0. The molecule has 0 bridgehead atoms. The maximum Gasteiger partial charge on any atom is 0 e. The summed E-state index contributed by atoms with van der Waals surface area (Å²) in [6.07, 6.45) is 0. The van der Waals surface area contributed by atoms with Gasteiger partial charge in [-0.2, -0.15) is 0 Å². The fourth-order valence-corrected chi connectivity index (χ4v) is 0. The molecule has 0 aliphatic heterocycles. The van der Waals surface area contributed by atoms with Crippen molar-refractivity contribution in [2.45, 2.75) is 0 Å². The molecular formula is Rf29. The summed E-state index contributed by atoms with van der Waals surface area (Å²) in [5.74, 6) is 0. The van der Waals surface area contributed by atoms with Crippen LogP contribution in [0, 0.1) is 0 Å². The van der Waals surface area contributed by atoms with Gasteiger partial charge < -0.3 is 0 Å². The van der Waals surface area contributed by atoms with Gasteiger partial charge in [0.1, 0.15) is 0 Å². The first-order chi connectivity index (χ1) is 0. The van der Waals surface area contributed by atoms with E-state index in [1.54, 1.807) is 0 Å². The summed E-state index contributed by atoms with van der Waals surface area (Å²) in [6.45, 7) is 0. The fourth-order valence-electron chi connectivity index (χ4n) is 0. The van der Waals surface area contributed by atoms with Crippen molar-refractivity contribution < 1.29 is 0 Å². The van der Waals surface area contributed by atoms with Crippen molar-refractivity contribution in [2.75, 3.05) is 0 Å². The Balaban J connectivity index is 0. The van der Waals surface area contributed by atoms with Crippen LogP contribution in [0.5, 0.6) is 0 Å². The van der Waals surface area contributed by atoms with E-state index in [0.717, 1.165) is 0 Å². The molecule has 58 valence electrons. The van der Waals surface area contributed by atoms with Gasteiger partial charge in [0, 0.05) is 0 Å². The molecule has 0 nitrogen and oxygen atoms in total. The van der Waals surface area contributed by atoms with Gasteiger partial charge in [-0.3, -0.25) is 0 Å². The molecule has 0 aromatic carbocycles. The molecule has 0 unspecified atom stereocenters. The van der Waals surface area contributed by atoms with E-state index in [0.29, 0.717) is 0 Å². The van der Waals surface area contributed by atoms with Crippen molar-refractivity contribution in [1.82, 2.24) is 0 Å². The van der Waals surface area contributed by atoms with Gasteiger partial charge in [0.25, 0.3) is 0 Å². The predicted octanol–water partition coefficient (Wildman–Crippen LogP) is 0. The standard InChI is InChI=1S/29Rf. The van der Waals surface area contributed by atoms with E-state index in [4.69, 9.17) is 0 Å². The zero-order chi connectivity index (χ0) is 0. The molecule has 0 atom stereocenters. The molecule has 0 amide bonds. The second-order valence-electron chi connectivity index (χ2n) is 0. The van der Waals surface area contributed by atoms with Gasteiger partial charge in [-0.1, -0.05) is 0 Å². The number of rotatable bonds is 0. The Morgan fingerprint density at radius 3 is 0.0345 bits per heavy atom. The second-order valence-corrected chi connectivity index (χ2v) is 0. The van der Waals surface area contributed by atoms with Gasteiger partial charge in [-0.05, 0) is 0 Å². The molecule has 0 spiro atoms. The van der Waals surface area contributed by atoms with E-state index in [9.17, 15) is 0 Å². The Morgan fingerprint density at radius 1 is 0.0345 bits per heavy atom. The summed E-state index contributed by atoms with van der Waals surface area (Å²) < 4.78 is 0. The van der Waals surface area contributed by atoms with Crippen LogP contribution in [-0.2, 0) is 0 Å². The van der Waals surface area contributed by atoms with Gasteiger partial charge in [-0.25, -0.2) is 0 Å². The number of hydrogen-bond acceptors (Lipinski definition) is 0. The Hall–Kier alpha value is -29.0. The maximum atomic E-state index is 0. The summed E-state index contributed by atoms with van der Waals surface area (Å²) in [7, 11) is 0. The maximum absolute atomic E-state index is 0. The van der Waals surface area contributed by atoms with E-state index in [1.807, 2.05) is 0 Å². The van der Waals surface area contributed by atoms with Crippen molar-refractivity contribution in [1.29, 1.82) is 0 Å². The predicted molar refractivity (Wildman–Crippen MR) is 0 cm³/mol. The third-order valence-corrected chi connectivity index (χ3v) is 0. The summed E-state index contributed by atoms with van der Waals surface area (Å²) in [5, 5.41) is 0. The van der Waals surface area contributed by atoms with Gasteiger partial charge in [0.2, 0.25) is 0 Å². The Kier molecular flexibility index (Phi) is 0. The molecule has 0 saturated heterocycles. The molecule has 0 aliphatic carbocycles. The van der Waals surface area contributed by atoms with Gasteiger partial charge in [0.05, 0.1) is 0 Å². The van der Waals surface area contributed by atoms with E-state index >= 15 is 0 Å². The molecule has 0 aromatic rings. The van der Waals surface area contributed by atoms with Crippen molar-refractivity contribution in [3.8, 4) is 0 Å². The van der Waals surface area contributed by atoms with Crippen LogP contribution >= 0.6 is 0 Å². The van der Waals surface area contributed by atoms with Crippen LogP contribution in [0.2, 0.25) is 0 Å². The quantitative estimate of drug-likeness (QED) is 0.321. The van der Waals surface area contributed by atoms with Crippen molar-refractivity contribution in [2.24, 2.45) is 0 Å². The summed E-state index contributed by atoms with van der Waals surface area (Å²) >= 11 is 0. The van der Waals surface area contributed by atoms with Gasteiger partial charge in [-0.15, -0.1) is 0 Å². The minimum absolute atomic E-state index is 0. The topological polar surface area (TPSA) is 0 Å². The van der Waals surface area contributed by atoms with Gasteiger partial charge >= 0.3 is 0 Å². The average molecular weight is 7740 g/mol. The van der Waals surface area contributed by atoms with Crippen LogP contribution in [-0.4, -0.2) is 0 Å². The molecule has 29 heavy (non-hydrogen) atoms.